The molecule has 1 atom stereocenters. The van der Waals surface area contributed by atoms with Gasteiger partial charge in [-0.25, -0.2) is 0 Å². The lowest BCUT2D eigenvalue weighted by atomic mass is 9.95. The number of hydrogen-bond acceptors (Lipinski definition) is 7. The Morgan fingerprint density at radius 3 is 2.03 bits per heavy atom. The van der Waals surface area contributed by atoms with E-state index in [1.165, 1.54) is 0 Å². The maximum absolute atomic E-state index is 6.13. The minimum atomic E-state index is -0.0919. The number of methoxy groups -OCH3 is 5. The predicted octanol–water partition coefficient (Wildman–Crippen LogP) is 5.00. The van der Waals surface area contributed by atoms with E-state index in [1.807, 2.05) is 42.5 Å². The van der Waals surface area contributed by atoms with Crippen LogP contribution in [-0.2, 0) is 24.4 Å². The van der Waals surface area contributed by atoms with E-state index in [2.05, 4.69) is 17.0 Å². The van der Waals surface area contributed by atoms with Crippen LogP contribution >= 0.6 is 0 Å². The van der Waals surface area contributed by atoms with Crippen molar-refractivity contribution < 1.29 is 28.4 Å². The second kappa shape index (κ2) is 11.3. The average Bonchev–Trinajstić information content (AvgIpc) is 2.90. The Kier molecular flexibility index (Phi) is 8.00. The van der Waals surface area contributed by atoms with Crippen LogP contribution in [0.5, 0.6) is 28.7 Å². The van der Waals surface area contributed by atoms with Crippen LogP contribution in [0.2, 0.25) is 0 Å². The van der Waals surface area contributed by atoms with E-state index in [-0.39, 0.29) is 6.10 Å². The number of fused-ring (bicyclic) bond motifs is 1. The SMILES string of the molecule is COc1cc2c(cc1OCc1ccccc1)C(OC)CN(Cc1cc(OC)c(OC)c(OC)c1)C2. The summed E-state index contributed by atoms with van der Waals surface area (Å²) in [5.74, 6) is 3.30. The van der Waals surface area contributed by atoms with Gasteiger partial charge in [0.05, 0.1) is 34.5 Å². The molecule has 1 aliphatic rings. The van der Waals surface area contributed by atoms with Crippen LogP contribution in [0.25, 0.3) is 0 Å². The normalized spacial score (nSPS) is 15.3. The van der Waals surface area contributed by atoms with Crippen LogP contribution in [-0.4, -0.2) is 47.0 Å². The lowest BCUT2D eigenvalue weighted by Gasteiger charge is -2.34. The summed E-state index contributed by atoms with van der Waals surface area (Å²) in [4.78, 5) is 2.33. The molecular weight excluding hydrogens is 446 g/mol. The Hall–Kier alpha value is -3.42. The van der Waals surface area contributed by atoms with Gasteiger partial charge in [0, 0.05) is 26.7 Å². The van der Waals surface area contributed by atoms with Gasteiger partial charge in [0.2, 0.25) is 5.75 Å². The summed E-state index contributed by atoms with van der Waals surface area (Å²) in [6, 6.07) is 18.2. The van der Waals surface area contributed by atoms with E-state index in [0.29, 0.717) is 36.1 Å². The lowest BCUT2D eigenvalue weighted by molar-refractivity contribution is 0.0447. The lowest BCUT2D eigenvalue weighted by Crippen LogP contribution is -2.34. The van der Waals surface area contributed by atoms with Gasteiger partial charge in [-0.15, -0.1) is 0 Å². The molecule has 1 heterocycles. The summed E-state index contributed by atoms with van der Waals surface area (Å²) in [6.45, 7) is 2.66. The molecule has 0 N–H and O–H groups in total. The Balaban J connectivity index is 1.57. The smallest absolute Gasteiger partial charge is 0.203 e. The predicted molar refractivity (Wildman–Crippen MR) is 134 cm³/mol. The number of nitrogens with zero attached hydrogens (tertiary/aromatic N) is 1. The fraction of sp³-hybridized carbons (Fsp3) is 0.357. The largest absolute Gasteiger partial charge is 0.493 e. The number of rotatable bonds is 10. The van der Waals surface area contributed by atoms with Crippen molar-refractivity contribution in [1.29, 1.82) is 0 Å². The summed E-state index contributed by atoms with van der Waals surface area (Å²) < 4.78 is 34.2. The molecule has 0 radical (unpaired) electrons. The molecule has 7 heteroatoms. The Morgan fingerprint density at radius 1 is 0.743 bits per heavy atom. The summed E-state index contributed by atoms with van der Waals surface area (Å²) >= 11 is 0. The van der Waals surface area contributed by atoms with Gasteiger partial charge in [-0.05, 0) is 46.5 Å². The Labute approximate surface area is 207 Å². The Bertz CT molecular complexity index is 1110. The Morgan fingerprint density at radius 2 is 1.43 bits per heavy atom. The zero-order valence-corrected chi connectivity index (χ0v) is 21.0. The zero-order valence-electron chi connectivity index (χ0n) is 21.0. The molecule has 4 rings (SSSR count). The van der Waals surface area contributed by atoms with Crippen molar-refractivity contribution in [2.75, 3.05) is 42.1 Å². The molecule has 0 saturated carbocycles. The van der Waals surface area contributed by atoms with Crippen molar-refractivity contribution in [3.05, 3.63) is 76.9 Å². The first-order valence-corrected chi connectivity index (χ1v) is 11.5. The van der Waals surface area contributed by atoms with E-state index in [4.69, 9.17) is 28.4 Å². The van der Waals surface area contributed by atoms with Crippen molar-refractivity contribution in [2.45, 2.75) is 25.8 Å². The first kappa shape index (κ1) is 24.7. The maximum Gasteiger partial charge on any atom is 0.203 e. The van der Waals surface area contributed by atoms with Gasteiger partial charge < -0.3 is 28.4 Å². The second-order valence-corrected chi connectivity index (χ2v) is 8.40. The van der Waals surface area contributed by atoms with E-state index in [1.54, 1.807) is 35.5 Å². The summed E-state index contributed by atoms with van der Waals surface area (Å²) in [6.07, 6.45) is -0.0919. The molecule has 0 aliphatic carbocycles. The topological polar surface area (TPSA) is 58.6 Å². The average molecular weight is 480 g/mol. The van der Waals surface area contributed by atoms with Crippen molar-refractivity contribution >= 4 is 0 Å². The highest BCUT2D eigenvalue weighted by Crippen LogP contribution is 2.41. The van der Waals surface area contributed by atoms with Gasteiger partial charge >= 0.3 is 0 Å². The van der Waals surface area contributed by atoms with Crippen molar-refractivity contribution in [3.8, 4) is 28.7 Å². The molecule has 3 aromatic rings. The maximum atomic E-state index is 6.13. The second-order valence-electron chi connectivity index (χ2n) is 8.40. The molecule has 3 aromatic carbocycles. The van der Waals surface area contributed by atoms with Crippen LogP contribution in [0.1, 0.15) is 28.4 Å². The summed E-state index contributed by atoms with van der Waals surface area (Å²) in [5, 5.41) is 0. The molecule has 0 amide bonds. The highest BCUT2D eigenvalue weighted by molar-refractivity contribution is 5.54. The highest BCUT2D eigenvalue weighted by atomic mass is 16.5. The van der Waals surface area contributed by atoms with Gasteiger partial charge in [-0.2, -0.15) is 0 Å². The van der Waals surface area contributed by atoms with Crippen molar-refractivity contribution in [2.24, 2.45) is 0 Å². The molecule has 1 unspecified atom stereocenters. The molecule has 1 aliphatic heterocycles. The molecule has 186 valence electrons. The molecule has 7 nitrogen and oxygen atoms in total. The number of ether oxygens (including phenoxy) is 6. The van der Waals surface area contributed by atoms with Crippen LogP contribution in [0.15, 0.2) is 54.6 Å². The third kappa shape index (κ3) is 5.47. The van der Waals surface area contributed by atoms with Gasteiger partial charge in [-0.3, -0.25) is 4.90 Å². The third-order valence-corrected chi connectivity index (χ3v) is 6.24. The van der Waals surface area contributed by atoms with Crippen LogP contribution < -0.4 is 23.7 Å². The standard InChI is InChI=1S/C28H33NO6/c1-30-23-13-21-16-29(15-20-11-25(31-2)28(34-5)26(12-20)32-3)17-27(33-4)22(21)14-24(23)35-18-19-9-7-6-8-10-19/h6-14,27H,15-18H2,1-5H3. The third-order valence-electron chi connectivity index (χ3n) is 6.24. The van der Waals surface area contributed by atoms with Gasteiger partial charge in [0.15, 0.2) is 23.0 Å². The van der Waals surface area contributed by atoms with E-state index >= 15 is 0 Å². The molecule has 0 fully saturated rings. The van der Waals surface area contributed by atoms with Gasteiger partial charge in [0.25, 0.3) is 0 Å². The number of hydrogen-bond donors (Lipinski definition) is 0. The first-order valence-electron chi connectivity index (χ1n) is 11.5. The van der Waals surface area contributed by atoms with Gasteiger partial charge in [-0.1, -0.05) is 30.3 Å². The highest BCUT2D eigenvalue weighted by Gasteiger charge is 2.28. The molecule has 0 saturated heterocycles. The molecule has 0 aromatic heterocycles. The molecule has 0 spiro atoms. The fourth-order valence-electron chi connectivity index (χ4n) is 4.51. The summed E-state index contributed by atoms with van der Waals surface area (Å²) in [5.41, 5.74) is 4.44. The van der Waals surface area contributed by atoms with Crippen LogP contribution in [0.3, 0.4) is 0 Å². The molecule has 0 bridgehead atoms. The van der Waals surface area contributed by atoms with Crippen molar-refractivity contribution in [1.82, 2.24) is 4.90 Å². The summed E-state index contributed by atoms with van der Waals surface area (Å²) in [7, 11) is 8.27. The van der Waals surface area contributed by atoms with E-state index < -0.39 is 0 Å². The minimum absolute atomic E-state index is 0.0919. The number of benzene rings is 3. The van der Waals surface area contributed by atoms with Crippen molar-refractivity contribution in [3.63, 3.8) is 0 Å². The van der Waals surface area contributed by atoms with Gasteiger partial charge in [0.1, 0.15) is 6.61 Å². The van der Waals surface area contributed by atoms with E-state index in [0.717, 1.165) is 41.1 Å². The minimum Gasteiger partial charge on any atom is -0.493 e. The molecular formula is C28H33NO6. The first-order chi connectivity index (χ1) is 17.1. The van der Waals surface area contributed by atoms with E-state index in [9.17, 15) is 0 Å². The molecule has 35 heavy (non-hydrogen) atoms. The fourth-order valence-corrected chi connectivity index (χ4v) is 4.51. The quantitative estimate of drug-likeness (QED) is 0.405. The van der Waals surface area contributed by atoms with Crippen LogP contribution in [0.4, 0.5) is 0 Å². The monoisotopic (exact) mass is 479 g/mol. The van der Waals surface area contributed by atoms with Crippen LogP contribution in [0, 0.1) is 0 Å². The zero-order chi connectivity index (χ0) is 24.8.